The summed E-state index contributed by atoms with van der Waals surface area (Å²) in [5, 5.41) is 8.88. The predicted octanol–water partition coefficient (Wildman–Crippen LogP) is 3.03. The minimum absolute atomic E-state index is 0.00241. The molecule has 1 aromatic rings. The Kier molecular flexibility index (Phi) is 4.06. The third-order valence-electron chi connectivity index (χ3n) is 2.04. The van der Waals surface area contributed by atoms with Crippen molar-refractivity contribution in [3.63, 3.8) is 0 Å². The van der Waals surface area contributed by atoms with Gasteiger partial charge >= 0.3 is 12.6 Å². The monoisotopic (exact) mass is 250 g/mol. The summed E-state index contributed by atoms with van der Waals surface area (Å²) in [6, 6.07) is 2.37. The molecule has 16 heavy (non-hydrogen) atoms. The average molecular weight is 251 g/mol. The molecule has 0 atom stereocenters. The molecule has 0 aliphatic heterocycles. The van der Waals surface area contributed by atoms with Crippen LogP contribution in [0.5, 0.6) is 5.75 Å². The number of hydrogen-bond acceptors (Lipinski definition) is 2. The van der Waals surface area contributed by atoms with Crippen LogP contribution in [-0.2, 0) is 5.88 Å². The standard InChI is InChI=1S/C10H9ClF2O3/c1-5-2-6(16-10(12)13)3-7(9(14)15)8(5)4-11/h2-3,10H,4H2,1H3,(H,14,15). The Morgan fingerprint density at radius 1 is 1.56 bits per heavy atom. The molecule has 1 rings (SSSR count). The fraction of sp³-hybridized carbons (Fsp3) is 0.300. The van der Waals surface area contributed by atoms with Crippen LogP contribution in [0.1, 0.15) is 21.5 Å². The van der Waals surface area contributed by atoms with Gasteiger partial charge in [-0.2, -0.15) is 8.78 Å². The first-order valence-electron chi connectivity index (χ1n) is 4.33. The lowest BCUT2D eigenvalue weighted by Gasteiger charge is -2.11. The minimum atomic E-state index is -2.98. The molecule has 0 unspecified atom stereocenters. The zero-order valence-corrected chi connectivity index (χ0v) is 9.09. The largest absolute Gasteiger partial charge is 0.478 e. The van der Waals surface area contributed by atoms with E-state index in [1.165, 1.54) is 6.07 Å². The van der Waals surface area contributed by atoms with Crippen molar-refractivity contribution in [3.05, 3.63) is 28.8 Å². The zero-order chi connectivity index (χ0) is 12.3. The quantitative estimate of drug-likeness (QED) is 0.836. The molecule has 0 fully saturated rings. The Labute approximate surface area is 95.6 Å². The second-order valence-corrected chi connectivity index (χ2v) is 3.35. The Morgan fingerprint density at radius 2 is 2.19 bits per heavy atom. The van der Waals surface area contributed by atoms with Gasteiger partial charge in [-0.15, -0.1) is 11.6 Å². The van der Waals surface area contributed by atoms with Crippen molar-refractivity contribution in [3.8, 4) is 5.75 Å². The Bertz CT molecular complexity index is 407. The summed E-state index contributed by atoms with van der Waals surface area (Å²) in [4.78, 5) is 10.9. The summed E-state index contributed by atoms with van der Waals surface area (Å²) in [7, 11) is 0. The lowest BCUT2D eigenvalue weighted by atomic mass is 10.0. The molecule has 0 bridgehead atoms. The number of carbonyl (C=O) groups is 1. The van der Waals surface area contributed by atoms with Gasteiger partial charge in [0, 0.05) is 5.88 Å². The number of carboxylic acids is 1. The summed E-state index contributed by atoms with van der Waals surface area (Å²) >= 11 is 5.59. The van der Waals surface area contributed by atoms with Gasteiger partial charge in [-0.1, -0.05) is 0 Å². The molecule has 0 aromatic heterocycles. The second kappa shape index (κ2) is 5.12. The molecule has 0 amide bonds. The Balaban J connectivity index is 3.22. The predicted molar refractivity (Wildman–Crippen MR) is 54.3 cm³/mol. The molecule has 6 heteroatoms. The normalized spacial score (nSPS) is 10.6. The first-order valence-corrected chi connectivity index (χ1v) is 4.86. The van der Waals surface area contributed by atoms with Gasteiger partial charge in [-0.25, -0.2) is 4.79 Å². The Hall–Kier alpha value is -1.36. The number of alkyl halides is 3. The average Bonchev–Trinajstić information content (AvgIpc) is 2.15. The third-order valence-corrected chi connectivity index (χ3v) is 2.30. The van der Waals surface area contributed by atoms with Crippen molar-refractivity contribution in [2.24, 2.45) is 0 Å². The fourth-order valence-corrected chi connectivity index (χ4v) is 1.68. The number of halogens is 3. The molecule has 88 valence electrons. The highest BCUT2D eigenvalue weighted by Crippen LogP contribution is 2.25. The van der Waals surface area contributed by atoms with Gasteiger partial charge in [0.05, 0.1) is 5.56 Å². The highest BCUT2D eigenvalue weighted by molar-refractivity contribution is 6.17. The van der Waals surface area contributed by atoms with E-state index in [1.54, 1.807) is 6.92 Å². The number of carboxylic acid groups (broad SMARTS) is 1. The fourth-order valence-electron chi connectivity index (χ4n) is 1.32. The molecule has 0 heterocycles. The third kappa shape index (κ3) is 2.82. The van der Waals surface area contributed by atoms with Gasteiger partial charge in [-0.05, 0) is 30.2 Å². The summed E-state index contributed by atoms with van der Waals surface area (Å²) in [5.41, 5.74) is 0.784. The van der Waals surface area contributed by atoms with Gasteiger partial charge in [0.1, 0.15) is 5.75 Å². The number of aromatic carboxylic acids is 1. The van der Waals surface area contributed by atoms with Gasteiger partial charge < -0.3 is 9.84 Å². The van der Waals surface area contributed by atoms with Gasteiger partial charge in [0.15, 0.2) is 0 Å². The van der Waals surface area contributed by atoms with Crippen LogP contribution in [-0.4, -0.2) is 17.7 Å². The maximum Gasteiger partial charge on any atom is 0.387 e. The molecule has 1 N–H and O–H groups in total. The maximum atomic E-state index is 12.0. The summed E-state index contributed by atoms with van der Waals surface area (Å²) < 4.78 is 28.1. The first-order chi connectivity index (χ1) is 7.45. The molecule has 0 aliphatic carbocycles. The number of rotatable bonds is 4. The van der Waals surface area contributed by atoms with Gasteiger partial charge in [0.2, 0.25) is 0 Å². The van der Waals surface area contributed by atoms with Crippen LogP contribution in [0.3, 0.4) is 0 Å². The van der Waals surface area contributed by atoms with Crippen molar-refractivity contribution < 1.29 is 23.4 Å². The highest BCUT2D eigenvalue weighted by atomic mass is 35.5. The van der Waals surface area contributed by atoms with E-state index in [1.807, 2.05) is 0 Å². The molecular weight excluding hydrogens is 242 g/mol. The van der Waals surface area contributed by atoms with Crippen molar-refractivity contribution in [2.75, 3.05) is 0 Å². The van der Waals surface area contributed by atoms with E-state index in [2.05, 4.69) is 4.74 Å². The number of aryl methyl sites for hydroxylation is 1. The van der Waals surface area contributed by atoms with Gasteiger partial charge in [0.25, 0.3) is 0 Å². The molecule has 3 nitrogen and oxygen atoms in total. The van der Waals surface area contributed by atoms with Crippen LogP contribution in [0.15, 0.2) is 12.1 Å². The number of benzene rings is 1. The second-order valence-electron chi connectivity index (χ2n) is 3.08. The van der Waals surface area contributed by atoms with E-state index in [0.29, 0.717) is 11.1 Å². The SMILES string of the molecule is Cc1cc(OC(F)F)cc(C(=O)O)c1CCl. The lowest BCUT2D eigenvalue weighted by Crippen LogP contribution is -2.07. The van der Waals surface area contributed by atoms with E-state index in [-0.39, 0.29) is 17.2 Å². The highest BCUT2D eigenvalue weighted by Gasteiger charge is 2.15. The maximum absolute atomic E-state index is 12.0. The molecule has 0 spiro atoms. The number of ether oxygens (including phenoxy) is 1. The molecule has 0 saturated heterocycles. The van der Waals surface area contributed by atoms with E-state index in [4.69, 9.17) is 16.7 Å². The van der Waals surface area contributed by atoms with Crippen molar-refractivity contribution in [2.45, 2.75) is 19.4 Å². The molecular formula is C10H9ClF2O3. The Morgan fingerprint density at radius 3 is 2.62 bits per heavy atom. The lowest BCUT2D eigenvalue weighted by molar-refractivity contribution is -0.0499. The smallest absolute Gasteiger partial charge is 0.387 e. The van der Waals surface area contributed by atoms with Crippen LogP contribution < -0.4 is 4.74 Å². The van der Waals surface area contributed by atoms with E-state index in [0.717, 1.165) is 6.07 Å². The summed E-state index contributed by atoms with van der Waals surface area (Å²) in [6.45, 7) is -1.40. The molecule has 0 saturated carbocycles. The van der Waals surface area contributed by atoms with Crippen LogP contribution in [0.2, 0.25) is 0 Å². The van der Waals surface area contributed by atoms with Crippen LogP contribution in [0.4, 0.5) is 8.78 Å². The van der Waals surface area contributed by atoms with Crippen LogP contribution in [0, 0.1) is 6.92 Å². The van der Waals surface area contributed by atoms with Crippen molar-refractivity contribution >= 4 is 17.6 Å². The summed E-state index contributed by atoms with van der Waals surface area (Å²) in [6.07, 6.45) is 0. The first kappa shape index (κ1) is 12.7. The minimum Gasteiger partial charge on any atom is -0.478 e. The molecule has 0 radical (unpaired) electrons. The van der Waals surface area contributed by atoms with Crippen molar-refractivity contribution in [1.29, 1.82) is 0 Å². The van der Waals surface area contributed by atoms with Crippen LogP contribution >= 0.6 is 11.6 Å². The van der Waals surface area contributed by atoms with E-state index < -0.39 is 12.6 Å². The van der Waals surface area contributed by atoms with Crippen LogP contribution in [0.25, 0.3) is 0 Å². The van der Waals surface area contributed by atoms with E-state index >= 15 is 0 Å². The topological polar surface area (TPSA) is 46.5 Å². The summed E-state index contributed by atoms with van der Waals surface area (Å²) in [5.74, 6) is -1.40. The molecule has 0 aliphatic rings. The number of hydrogen-bond donors (Lipinski definition) is 1. The van der Waals surface area contributed by atoms with E-state index in [9.17, 15) is 13.6 Å². The van der Waals surface area contributed by atoms with Gasteiger partial charge in [-0.3, -0.25) is 0 Å². The zero-order valence-electron chi connectivity index (χ0n) is 8.34. The van der Waals surface area contributed by atoms with Crippen molar-refractivity contribution in [1.82, 2.24) is 0 Å². The molecule has 1 aromatic carbocycles.